The lowest BCUT2D eigenvalue weighted by Gasteiger charge is -2.33. The molecule has 0 aromatic heterocycles. The predicted molar refractivity (Wildman–Crippen MR) is 154 cm³/mol. The molecule has 1 N–H and O–H groups in total. The standard InChI is InChI=1S/C29H34BrN3O4S/c1-21-12-9-10-13-23(21)19-32(22(2)28(35)31-29(3,4)5)27(34)20-33(25-15-11-14-24(30)18-25)38(36,37)26-16-7-6-8-17-26/h6-18,22H,19-20H2,1-5H3,(H,31,35)/t22-/m0/s1. The average Bonchev–Trinajstić information content (AvgIpc) is 2.85. The molecule has 0 radical (unpaired) electrons. The largest absolute Gasteiger partial charge is 0.350 e. The normalized spacial score (nSPS) is 12.5. The van der Waals surface area contributed by atoms with Crippen LogP contribution in [0.3, 0.4) is 0 Å². The Bertz CT molecular complexity index is 1390. The predicted octanol–water partition coefficient (Wildman–Crippen LogP) is 5.28. The SMILES string of the molecule is Cc1ccccc1CN(C(=O)CN(c1cccc(Br)c1)S(=O)(=O)c1ccccc1)[C@@H](C)C(=O)NC(C)(C)C. The fourth-order valence-corrected chi connectivity index (χ4v) is 5.72. The van der Waals surface area contributed by atoms with Crippen LogP contribution in [0.5, 0.6) is 0 Å². The van der Waals surface area contributed by atoms with Crippen molar-refractivity contribution in [2.75, 3.05) is 10.8 Å². The van der Waals surface area contributed by atoms with E-state index in [0.29, 0.717) is 10.2 Å². The Labute approximate surface area is 234 Å². The second-order valence-electron chi connectivity index (χ2n) is 10.2. The van der Waals surface area contributed by atoms with E-state index in [-0.39, 0.29) is 17.3 Å². The first-order valence-corrected chi connectivity index (χ1v) is 14.5. The highest BCUT2D eigenvalue weighted by molar-refractivity contribution is 9.10. The molecule has 3 rings (SSSR count). The molecule has 7 nitrogen and oxygen atoms in total. The van der Waals surface area contributed by atoms with E-state index in [9.17, 15) is 18.0 Å². The monoisotopic (exact) mass is 599 g/mol. The Balaban J connectivity index is 2.04. The lowest BCUT2D eigenvalue weighted by molar-refractivity contribution is -0.140. The molecular weight excluding hydrogens is 566 g/mol. The zero-order chi connectivity index (χ0) is 28.1. The van der Waals surface area contributed by atoms with Gasteiger partial charge < -0.3 is 10.2 Å². The third-order valence-corrected chi connectivity index (χ3v) is 8.26. The number of hydrogen-bond donors (Lipinski definition) is 1. The second-order valence-corrected chi connectivity index (χ2v) is 12.9. The maximum Gasteiger partial charge on any atom is 0.264 e. The summed E-state index contributed by atoms with van der Waals surface area (Å²) >= 11 is 3.40. The van der Waals surface area contributed by atoms with Gasteiger partial charge in [0.05, 0.1) is 10.6 Å². The topological polar surface area (TPSA) is 86.8 Å². The van der Waals surface area contributed by atoms with E-state index in [1.54, 1.807) is 49.4 Å². The minimum Gasteiger partial charge on any atom is -0.350 e. The second kappa shape index (κ2) is 12.1. The minimum atomic E-state index is -4.09. The summed E-state index contributed by atoms with van der Waals surface area (Å²) in [6.45, 7) is 8.87. The van der Waals surface area contributed by atoms with Crippen molar-refractivity contribution >= 4 is 43.5 Å². The lowest BCUT2D eigenvalue weighted by Crippen LogP contribution is -2.54. The summed E-state index contributed by atoms with van der Waals surface area (Å²) in [5, 5.41) is 2.93. The molecule has 0 saturated carbocycles. The molecule has 1 atom stereocenters. The zero-order valence-electron chi connectivity index (χ0n) is 22.3. The molecule has 3 aromatic rings. The van der Waals surface area contributed by atoms with E-state index in [1.165, 1.54) is 17.0 Å². The maximum absolute atomic E-state index is 13.9. The van der Waals surface area contributed by atoms with E-state index < -0.39 is 34.1 Å². The van der Waals surface area contributed by atoms with Crippen molar-refractivity contribution in [3.63, 3.8) is 0 Å². The summed E-state index contributed by atoms with van der Waals surface area (Å²) in [7, 11) is -4.09. The van der Waals surface area contributed by atoms with Crippen molar-refractivity contribution in [2.45, 2.75) is 57.6 Å². The summed E-state index contributed by atoms with van der Waals surface area (Å²) in [5.41, 5.74) is 1.67. The smallest absolute Gasteiger partial charge is 0.264 e. The van der Waals surface area contributed by atoms with Crippen molar-refractivity contribution < 1.29 is 18.0 Å². The van der Waals surface area contributed by atoms with Crippen LogP contribution in [-0.2, 0) is 26.2 Å². The molecule has 0 aliphatic heterocycles. The minimum absolute atomic E-state index is 0.0664. The molecule has 0 unspecified atom stereocenters. The molecular formula is C29H34BrN3O4S. The Hall–Kier alpha value is -3.17. The average molecular weight is 601 g/mol. The molecule has 202 valence electrons. The Morgan fingerprint density at radius 3 is 2.18 bits per heavy atom. The molecule has 0 aliphatic carbocycles. The van der Waals surface area contributed by atoms with Gasteiger partial charge in [0.15, 0.2) is 0 Å². The highest BCUT2D eigenvalue weighted by Gasteiger charge is 2.33. The number of aryl methyl sites for hydroxylation is 1. The molecule has 38 heavy (non-hydrogen) atoms. The van der Waals surface area contributed by atoms with Crippen molar-refractivity contribution in [3.05, 3.63) is 94.5 Å². The highest BCUT2D eigenvalue weighted by Crippen LogP contribution is 2.27. The van der Waals surface area contributed by atoms with Gasteiger partial charge in [0.25, 0.3) is 10.0 Å². The van der Waals surface area contributed by atoms with Gasteiger partial charge in [0, 0.05) is 16.6 Å². The van der Waals surface area contributed by atoms with Gasteiger partial charge in [-0.2, -0.15) is 0 Å². The van der Waals surface area contributed by atoms with Gasteiger partial charge in [-0.1, -0.05) is 64.5 Å². The van der Waals surface area contributed by atoms with Crippen LogP contribution in [0, 0.1) is 6.92 Å². The van der Waals surface area contributed by atoms with E-state index in [0.717, 1.165) is 15.4 Å². The van der Waals surface area contributed by atoms with Crippen molar-refractivity contribution in [2.24, 2.45) is 0 Å². The van der Waals surface area contributed by atoms with Gasteiger partial charge in [-0.15, -0.1) is 0 Å². The van der Waals surface area contributed by atoms with Crippen molar-refractivity contribution in [1.29, 1.82) is 0 Å². The lowest BCUT2D eigenvalue weighted by atomic mass is 10.1. The number of nitrogens with one attached hydrogen (secondary N) is 1. The molecule has 9 heteroatoms. The molecule has 0 heterocycles. The molecule has 0 fully saturated rings. The third kappa shape index (κ3) is 7.45. The molecule has 0 saturated heterocycles. The number of hydrogen-bond acceptors (Lipinski definition) is 4. The van der Waals surface area contributed by atoms with Gasteiger partial charge in [0.1, 0.15) is 12.6 Å². The van der Waals surface area contributed by atoms with E-state index in [4.69, 9.17) is 0 Å². The Kier molecular flexibility index (Phi) is 9.38. The number of carbonyl (C=O) groups excluding carboxylic acids is 2. The Morgan fingerprint density at radius 1 is 0.947 bits per heavy atom. The van der Waals surface area contributed by atoms with E-state index in [1.807, 2.05) is 52.0 Å². The number of anilines is 1. The first-order chi connectivity index (χ1) is 17.8. The number of amides is 2. The fraction of sp³-hybridized carbons (Fsp3) is 0.310. The highest BCUT2D eigenvalue weighted by atomic mass is 79.9. The zero-order valence-corrected chi connectivity index (χ0v) is 24.7. The first-order valence-electron chi connectivity index (χ1n) is 12.3. The number of carbonyl (C=O) groups is 2. The van der Waals surface area contributed by atoms with Gasteiger partial charge in [-0.3, -0.25) is 13.9 Å². The van der Waals surface area contributed by atoms with E-state index in [2.05, 4.69) is 21.2 Å². The van der Waals surface area contributed by atoms with E-state index >= 15 is 0 Å². The van der Waals surface area contributed by atoms with Crippen LogP contribution in [0.4, 0.5) is 5.69 Å². The molecule has 2 amide bonds. The van der Waals surface area contributed by atoms with Crippen LogP contribution >= 0.6 is 15.9 Å². The van der Waals surface area contributed by atoms with Crippen molar-refractivity contribution in [3.8, 4) is 0 Å². The number of rotatable bonds is 9. The molecule has 3 aromatic carbocycles. The third-order valence-electron chi connectivity index (χ3n) is 5.97. The van der Waals surface area contributed by atoms with Crippen LogP contribution in [0.15, 0.2) is 88.2 Å². The number of nitrogens with zero attached hydrogens (tertiary/aromatic N) is 2. The number of halogens is 1. The van der Waals surface area contributed by atoms with Gasteiger partial charge >= 0.3 is 0 Å². The van der Waals surface area contributed by atoms with Gasteiger partial charge in [0.2, 0.25) is 11.8 Å². The van der Waals surface area contributed by atoms with Crippen LogP contribution in [0.25, 0.3) is 0 Å². The van der Waals surface area contributed by atoms with Crippen LogP contribution in [0.2, 0.25) is 0 Å². The number of sulfonamides is 1. The van der Waals surface area contributed by atoms with Gasteiger partial charge in [-0.05, 0) is 76.1 Å². The molecule has 0 bridgehead atoms. The Morgan fingerprint density at radius 2 is 1.58 bits per heavy atom. The summed E-state index contributed by atoms with van der Waals surface area (Å²) in [6.07, 6.45) is 0. The fourth-order valence-electron chi connectivity index (χ4n) is 3.91. The summed E-state index contributed by atoms with van der Waals surface area (Å²) < 4.78 is 29.3. The van der Waals surface area contributed by atoms with Gasteiger partial charge in [-0.25, -0.2) is 8.42 Å². The van der Waals surface area contributed by atoms with Crippen LogP contribution in [-0.4, -0.2) is 43.3 Å². The van der Waals surface area contributed by atoms with Crippen LogP contribution in [0.1, 0.15) is 38.8 Å². The summed E-state index contributed by atoms with van der Waals surface area (Å²) in [5.74, 6) is -0.816. The van der Waals surface area contributed by atoms with Crippen LogP contribution < -0.4 is 9.62 Å². The maximum atomic E-state index is 13.9. The molecule has 0 spiro atoms. The summed E-state index contributed by atoms with van der Waals surface area (Å²) in [4.78, 5) is 28.6. The molecule has 0 aliphatic rings. The quantitative estimate of drug-likeness (QED) is 0.362. The summed E-state index contributed by atoms with van der Waals surface area (Å²) in [6, 6.07) is 21.5. The first kappa shape index (κ1) is 29.4. The van der Waals surface area contributed by atoms with Crippen molar-refractivity contribution in [1.82, 2.24) is 10.2 Å². The number of benzene rings is 3.